The molecule has 0 radical (unpaired) electrons. The van der Waals surface area contributed by atoms with Gasteiger partial charge in [0.25, 0.3) is 0 Å². The van der Waals surface area contributed by atoms with Crippen molar-refractivity contribution in [2.75, 3.05) is 5.75 Å². The Morgan fingerprint density at radius 1 is 1.44 bits per heavy atom. The molecule has 0 heterocycles. The number of carbonyl (C=O) groups is 1. The lowest BCUT2D eigenvalue weighted by Gasteiger charge is -2.07. The summed E-state index contributed by atoms with van der Waals surface area (Å²) in [6.07, 6.45) is 0. The summed E-state index contributed by atoms with van der Waals surface area (Å²) in [6.45, 7) is 0. The molecule has 2 atom stereocenters. The van der Waals surface area contributed by atoms with E-state index in [0.29, 0.717) is 0 Å². The average Bonchev–Trinajstić information content (AvgIpc) is 2.29. The van der Waals surface area contributed by atoms with Crippen LogP contribution in [0.3, 0.4) is 0 Å². The predicted octanol–water partition coefficient (Wildman–Crippen LogP) is 0.651. The summed E-state index contributed by atoms with van der Waals surface area (Å²) in [4.78, 5) is 11.2. The van der Waals surface area contributed by atoms with Gasteiger partial charge in [0.15, 0.2) is 0 Å². The Balaban J connectivity index is 2.46. The van der Waals surface area contributed by atoms with Gasteiger partial charge in [-0.1, -0.05) is 30.3 Å². The van der Waals surface area contributed by atoms with Gasteiger partial charge in [0, 0.05) is 5.75 Å². The number of nitrogens with two attached hydrogens (primary N) is 1. The fraction of sp³-hybridized carbons (Fsp3) is 0.300. The fourth-order valence-electron chi connectivity index (χ4n) is 0.968. The number of rotatable bonds is 5. The van der Waals surface area contributed by atoms with Gasteiger partial charge in [0.2, 0.25) is 11.1 Å². The van der Waals surface area contributed by atoms with Gasteiger partial charge >= 0.3 is 5.97 Å². The van der Waals surface area contributed by atoms with Gasteiger partial charge in [-0.25, -0.2) is 9.00 Å². The van der Waals surface area contributed by atoms with Crippen LogP contribution in [0.4, 0.5) is 0 Å². The lowest BCUT2D eigenvalue weighted by Crippen LogP contribution is -2.34. The Bertz CT molecular complexity index is 370. The van der Waals surface area contributed by atoms with Crippen molar-refractivity contribution >= 4 is 29.7 Å². The molecule has 4 nitrogen and oxygen atoms in total. The molecule has 2 unspecified atom stereocenters. The van der Waals surface area contributed by atoms with Gasteiger partial charge in [0.05, 0.1) is 5.75 Å². The Labute approximate surface area is 102 Å². The third kappa shape index (κ3) is 4.34. The van der Waals surface area contributed by atoms with E-state index in [1.54, 1.807) is 0 Å². The molecule has 0 spiro atoms. The maximum Gasteiger partial charge on any atom is 0.337 e. The lowest BCUT2D eigenvalue weighted by molar-refractivity contribution is -0.134. The van der Waals surface area contributed by atoms with Crippen molar-refractivity contribution in [1.82, 2.24) is 0 Å². The molecule has 0 saturated heterocycles. The van der Waals surface area contributed by atoms with Crippen molar-refractivity contribution in [1.29, 1.82) is 0 Å². The highest BCUT2D eigenvalue weighted by Crippen LogP contribution is 2.04. The van der Waals surface area contributed by atoms with Crippen LogP contribution in [0.25, 0.3) is 0 Å². The summed E-state index contributed by atoms with van der Waals surface area (Å²) in [7, 11) is 0. The number of hydrogen-bond donors (Lipinski definition) is 2. The molecule has 1 aromatic rings. The third-order valence-corrected chi connectivity index (χ3v) is 3.11. The van der Waals surface area contributed by atoms with E-state index in [2.05, 4.69) is 16.8 Å². The van der Waals surface area contributed by atoms with Crippen LogP contribution in [0.15, 0.2) is 30.3 Å². The van der Waals surface area contributed by atoms with Crippen molar-refractivity contribution in [3.8, 4) is 0 Å². The zero-order chi connectivity index (χ0) is 12.0. The molecule has 0 aromatic heterocycles. The van der Waals surface area contributed by atoms with E-state index < -0.39 is 23.1 Å². The van der Waals surface area contributed by atoms with E-state index in [-0.39, 0.29) is 11.5 Å². The minimum absolute atomic E-state index is 0.168. The Kier molecular flexibility index (Phi) is 5.51. The first-order chi connectivity index (χ1) is 7.63. The van der Waals surface area contributed by atoms with Crippen LogP contribution in [0.1, 0.15) is 5.56 Å². The van der Waals surface area contributed by atoms with E-state index in [0.717, 1.165) is 5.56 Å². The van der Waals surface area contributed by atoms with Crippen LogP contribution >= 0.6 is 12.6 Å². The summed E-state index contributed by atoms with van der Waals surface area (Å²) in [5.74, 6) is -0.350. The first kappa shape index (κ1) is 13.2. The molecule has 0 aliphatic heterocycles. The fourth-order valence-corrected chi connectivity index (χ4v) is 1.95. The first-order valence-corrected chi connectivity index (χ1v) is 6.52. The number of hydrogen-bond acceptors (Lipinski definition) is 5. The quantitative estimate of drug-likeness (QED) is 0.762. The molecule has 6 heteroatoms. The van der Waals surface area contributed by atoms with Gasteiger partial charge in [0.1, 0.15) is 6.04 Å². The minimum Gasteiger partial charge on any atom is -0.362 e. The Morgan fingerprint density at radius 3 is 2.62 bits per heavy atom. The molecule has 2 N–H and O–H groups in total. The van der Waals surface area contributed by atoms with E-state index >= 15 is 0 Å². The summed E-state index contributed by atoms with van der Waals surface area (Å²) in [5.41, 5.74) is 6.21. The van der Waals surface area contributed by atoms with E-state index in [9.17, 15) is 9.00 Å². The molecule has 0 amide bonds. The second-order valence-electron chi connectivity index (χ2n) is 3.13. The molecule has 16 heavy (non-hydrogen) atoms. The summed E-state index contributed by atoms with van der Waals surface area (Å²) >= 11 is 2.16. The standard InChI is InChI=1S/C10H13NO3S2/c11-9(6-15)10(12)14-16(13)7-8-4-2-1-3-5-8/h1-5,9,15H,6-7,11H2. The smallest absolute Gasteiger partial charge is 0.337 e. The third-order valence-electron chi connectivity index (χ3n) is 1.80. The molecule has 0 aliphatic rings. The maximum atomic E-state index is 11.4. The zero-order valence-electron chi connectivity index (χ0n) is 8.54. The first-order valence-electron chi connectivity index (χ1n) is 4.64. The van der Waals surface area contributed by atoms with Crippen LogP contribution in [-0.2, 0) is 25.8 Å². The monoisotopic (exact) mass is 259 g/mol. The van der Waals surface area contributed by atoms with Crippen LogP contribution < -0.4 is 5.73 Å². The van der Waals surface area contributed by atoms with Crippen molar-refractivity contribution < 1.29 is 13.2 Å². The highest BCUT2D eigenvalue weighted by Gasteiger charge is 2.16. The highest BCUT2D eigenvalue weighted by atomic mass is 32.2. The van der Waals surface area contributed by atoms with Crippen molar-refractivity contribution in [3.05, 3.63) is 35.9 Å². The largest absolute Gasteiger partial charge is 0.362 e. The van der Waals surface area contributed by atoms with Gasteiger partial charge < -0.3 is 9.92 Å². The lowest BCUT2D eigenvalue weighted by atomic mass is 10.2. The second-order valence-corrected chi connectivity index (χ2v) is 4.55. The van der Waals surface area contributed by atoms with E-state index in [1.165, 1.54) is 0 Å². The molecular formula is C10H13NO3S2. The van der Waals surface area contributed by atoms with Crippen LogP contribution in [-0.4, -0.2) is 22.0 Å². The van der Waals surface area contributed by atoms with Gasteiger partial charge in [-0.2, -0.15) is 12.6 Å². The topological polar surface area (TPSA) is 69.4 Å². The van der Waals surface area contributed by atoms with Crippen molar-refractivity contribution in [3.63, 3.8) is 0 Å². The second kappa shape index (κ2) is 6.67. The predicted molar refractivity (Wildman–Crippen MR) is 66.2 cm³/mol. The average molecular weight is 259 g/mol. The minimum atomic E-state index is -1.69. The molecule has 0 bridgehead atoms. The molecule has 0 saturated carbocycles. The van der Waals surface area contributed by atoms with Crippen LogP contribution in [0.2, 0.25) is 0 Å². The molecular weight excluding hydrogens is 246 g/mol. The van der Waals surface area contributed by atoms with Gasteiger partial charge in [-0.3, -0.25) is 0 Å². The van der Waals surface area contributed by atoms with Gasteiger partial charge in [-0.15, -0.1) is 0 Å². The number of carbonyl (C=O) groups excluding carboxylic acids is 1. The SMILES string of the molecule is NC(CS)C(=O)OS(=O)Cc1ccccc1. The van der Waals surface area contributed by atoms with E-state index in [1.807, 2.05) is 30.3 Å². The van der Waals surface area contributed by atoms with Crippen LogP contribution in [0, 0.1) is 0 Å². The van der Waals surface area contributed by atoms with Crippen molar-refractivity contribution in [2.45, 2.75) is 11.8 Å². The molecule has 1 rings (SSSR count). The number of thiol groups is 1. The summed E-state index contributed by atoms with van der Waals surface area (Å²) in [5, 5.41) is 0. The zero-order valence-corrected chi connectivity index (χ0v) is 10.2. The number of benzene rings is 1. The highest BCUT2D eigenvalue weighted by molar-refractivity contribution is 7.80. The normalized spacial score (nSPS) is 14.1. The molecule has 88 valence electrons. The molecule has 0 aliphatic carbocycles. The van der Waals surface area contributed by atoms with E-state index in [4.69, 9.17) is 5.73 Å². The summed E-state index contributed by atoms with van der Waals surface area (Å²) < 4.78 is 16.1. The Hall–Kier alpha value is -0.850. The van der Waals surface area contributed by atoms with Crippen molar-refractivity contribution in [2.24, 2.45) is 5.73 Å². The summed E-state index contributed by atoms with van der Waals surface area (Å²) in [6, 6.07) is 8.30. The maximum absolute atomic E-state index is 11.4. The molecule has 0 fully saturated rings. The van der Waals surface area contributed by atoms with Gasteiger partial charge in [-0.05, 0) is 5.56 Å². The van der Waals surface area contributed by atoms with Crippen LogP contribution in [0.5, 0.6) is 0 Å². The molecule has 1 aromatic carbocycles. The Morgan fingerprint density at radius 2 is 2.06 bits per heavy atom.